The van der Waals surface area contributed by atoms with E-state index in [0.717, 1.165) is 28.2 Å². The van der Waals surface area contributed by atoms with E-state index < -0.39 is 0 Å². The van der Waals surface area contributed by atoms with Gasteiger partial charge < -0.3 is 9.72 Å². The Morgan fingerprint density at radius 1 is 1.10 bits per heavy atom. The number of imidazole rings is 1. The molecule has 144 valence electrons. The SMILES string of the molecule is COc1ccc(/C=N\NC(=O)c2ccc3nc(Cc4ccccc4)[nH]c3c2)cc1. The van der Waals surface area contributed by atoms with Gasteiger partial charge in [-0.1, -0.05) is 30.3 Å². The molecule has 0 bridgehead atoms. The highest BCUT2D eigenvalue weighted by molar-refractivity contribution is 5.97. The number of hydrazone groups is 1. The molecule has 0 radical (unpaired) electrons. The maximum atomic E-state index is 12.4. The van der Waals surface area contributed by atoms with Crippen molar-refractivity contribution in [3.05, 3.63) is 95.3 Å². The Morgan fingerprint density at radius 3 is 2.66 bits per heavy atom. The first-order chi connectivity index (χ1) is 14.2. The highest BCUT2D eigenvalue weighted by atomic mass is 16.5. The first kappa shape index (κ1) is 18.4. The molecule has 0 unspecified atom stereocenters. The van der Waals surface area contributed by atoms with Gasteiger partial charge in [-0.3, -0.25) is 4.79 Å². The summed E-state index contributed by atoms with van der Waals surface area (Å²) in [5.74, 6) is 1.35. The van der Waals surface area contributed by atoms with E-state index in [1.165, 1.54) is 5.56 Å². The number of aromatic amines is 1. The van der Waals surface area contributed by atoms with Crippen LogP contribution in [0.2, 0.25) is 0 Å². The minimum atomic E-state index is -0.282. The van der Waals surface area contributed by atoms with Crippen molar-refractivity contribution in [2.45, 2.75) is 6.42 Å². The molecule has 0 fully saturated rings. The van der Waals surface area contributed by atoms with Crippen LogP contribution in [0.1, 0.15) is 27.3 Å². The van der Waals surface area contributed by atoms with Crippen molar-refractivity contribution < 1.29 is 9.53 Å². The van der Waals surface area contributed by atoms with E-state index in [-0.39, 0.29) is 5.91 Å². The predicted molar refractivity (Wildman–Crippen MR) is 113 cm³/mol. The van der Waals surface area contributed by atoms with Crippen LogP contribution in [0.15, 0.2) is 77.9 Å². The van der Waals surface area contributed by atoms with Gasteiger partial charge in [0, 0.05) is 12.0 Å². The minimum absolute atomic E-state index is 0.282. The van der Waals surface area contributed by atoms with Gasteiger partial charge >= 0.3 is 0 Å². The van der Waals surface area contributed by atoms with Gasteiger partial charge in [-0.25, -0.2) is 10.4 Å². The van der Waals surface area contributed by atoms with Crippen molar-refractivity contribution in [3.8, 4) is 5.75 Å². The highest BCUT2D eigenvalue weighted by Crippen LogP contribution is 2.16. The van der Waals surface area contributed by atoms with Crippen LogP contribution in [0.25, 0.3) is 11.0 Å². The third kappa shape index (κ3) is 4.50. The first-order valence-electron chi connectivity index (χ1n) is 9.21. The Kier molecular flexibility index (Phi) is 5.33. The third-order valence-electron chi connectivity index (χ3n) is 4.50. The van der Waals surface area contributed by atoms with Crippen molar-refractivity contribution in [2.75, 3.05) is 7.11 Å². The Bertz CT molecular complexity index is 1150. The van der Waals surface area contributed by atoms with E-state index in [0.29, 0.717) is 12.0 Å². The van der Waals surface area contributed by atoms with Crippen molar-refractivity contribution in [2.24, 2.45) is 5.10 Å². The molecule has 29 heavy (non-hydrogen) atoms. The summed E-state index contributed by atoms with van der Waals surface area (Å²) in [6.45, 7) is 0. The van der Waals surface area contributed by atoms with E-state index in [9.17, 15) is 4.79 Å². The van der Waals surface area contributed by atoms with E-state index in [1.807, 2.05) is 48.5 Å². The largest absolute Gasteiger partial charge is 0.497 e. The molecule has 0 saturated heterocycles. The van der Waals surface area contributed by atoms with Gasteiger partial charge in [0.2, 0.25) is 0 Å². The van der Waals surface area contributed by atoms with Crippen molar-refractivity contribution in [1.29, 1.82) is 0 Å². The molecule has 6 nitrogen and oxygen atoms in total. The fourth-order valence-electron chi connectivity index (χ4n) is 3.00. The molecule has 3 aromatic carbocycles. The summed E-state index contributed by atoms with van der Waals surface area (Å²) in [7, 11) is 1.62. The van der Waals surface area contributed by atoms with Crippen LogP contribution in [0.4, 0.5) is 0 Å². The molecule has 4 rings (SSSR count). The molecule has 6 heteroatoms. The maximum absolute atomic E-state index is 12.4. The predicted octanol–water partition coefficient (Wildman–Crippen LogP) is 3.93. The topological polar surface area (TPSA) is 79.4 Å². The number of nitrogens with zero attached hydrogens (tertiary/aromatic N) is 2. The molecule has 1 heterocycles. The van der Waals surface area contributed by atoms with Gasteiger partial charge in [-0.15, -0.1) is 0 Å². The zero-order chi connectivity index (χ0) is 20.1. The van der Waals surface area contributed by atoms with Crippen molar-refractivity contribution in [1.82, 2.24) is 15.4 Å². The number of rotatable bonds is 6. The number of hydrogen-bond donors (Lipinski definition) is 2. The number of hydrogen-bond acceptors (Lipinski definition) is 4. The number of nitrogens with one attached hydrogen (secondary N) is 2. The summed E-state index contributed by atoms with van der Waals surface area (Å²) in [6.07, 6.45) is 2.30. The number of fused-ring (bicyclic) bond motifs is 1. The summed E-state index contributed by atoms with van der Waals surface area (Å²) in [5.41, 5.74) is 6.76. The molecule has 2 N–H and O–H groups in total. The van der Waals surface area contributed by atoms with Crippen LogP contribution in [-0.2, 0) is 6.42 Å². The van der Waals surface area contributed by atoms with E-state index in [1.54, 1.807) is 25.5 Å². The lowest BCUT2D eigenvalue weighted by atomic mass is 10.1. The van der Waals surface area contributed by atoms with Crippen LogP contribution in [0.5, 0.6) is 5.75 Å². The zero-order valence-corrected chi connectivity index (χ0v) is 15.9. The van der Waals surface area contributed by atoms with Gasteiger partial charge in [-0.2, -0.15) is 5.10 Å². The molecule has 0 saturated carbocycles. The molecule has 0 aliphatic carbocycles. The number of H-pyrrole nitrogens is 1. The molecule has 0 atom stereocenters. The molecule has 0 aliphatic rings. The summed E-state index contributed by atoms with van der Waals surface area (Å²) < 4.78 is 5.12. The fraction of sp³-hybridized carbons (Fsp3) is 0.0870. The molecule has 1 aromatic heterocycles. The quantitative estimate of drug-likeness (QED) is 0.391. The number of aromatic nitrogens is 2. The van der Waals surface area contributed by atoms with Gasteiger partial charge in [0.1, 0.15) is 11.6 Å². The van der Waals surface area contributed by atoms with Gasteiger partial charge in [-0.05, 0) is 53.6 Å². The van der Waals surface area contributed by atoms with Crippen LogP contribution < -0.4 is 10.2 Å². The molecule has 1 amide bonds. The molecule has 4 aromatic rings. The van der Waals surface area contributed by atoms with Gasteiger partial charge in [0.15, 0.2) is 0 Å². The number of amides is 1. The zero-order valence-electron chi connectivity index (χ0n) is 15.9. The minimum Gasteiger partial charge on any atom is -0.497 e. The standard InChI is InChI=1S/C23H20N4O2/c1-29-19-10-7-17(8-11-19)15-24-27-23(28)18-9-12-20-21(14-18)26-22(25-20)13-16-5-3-2-4-6-16/h2-12,14-15H,13H2,1H3,(H,25,26)(H,27,28)/b24-15-. The summed E-state index contributed by atoms with van der Waals surface area (Å²) in [4.78, 5) is 20.3. The lowest BCUT2D eigenvalue weighted by molar-refractivity contribution is 0.0955. The number of methoxy groups -OCH3 is 1. The number of ether oxygens (including phenoxy) is 1. The smallest absolute Gasteiger partial charge is 0.271 e. The van der Waals surface area contributed by atoms with Crippen LogP contribution in [0.3, 0.4) is 0 Å². The average molecular weight is 384 g/mol. The van der Waals surface area contributed by atoms with E-state index in [4.69, 9.17) is 4.74 Å². The maximum Gasteiger partial charge on any atom is 0.271 e. The number of carbonyl (C=O) groups is 1. The highest BCUT2D eigenvalue weighted by Gasteiger charge is 2.09. The summed E-state index contributed by atoms with van der Waals surface area (Å²) in [6, 6.07) is 22.9. The van der Waals surface area contributed by atoms with Crippen LogP contribution in [0, 0.1) is 0 Å². The third-order valence-corrected chi connectivity index (χ3v) is 4.50. The lowest BCUT2D eigenvalue weighted by Gasteiger charge is -2.01. The second-order valence-corrected chi connectivity index (χ2v) is 6.55. The van der Waals surface area contributed by atoms with E-state index >= 15 is 0 Å². The normalized spacial score (nSPS) is 11.1. The number of carbonyl (C=O) groups excluding carboxylic acids is 1. The van der Waals surface area contributed by atoms with Crippen LogP contribution >= 0.6 is 0 Å². The number of benzene rings is 3. The molecular weight excluding hydrogens is 364 g/mol. The molecule has 0 aliphatic heterocycles. The monoisotopic (exact) mass is 384 g/mol. The Balaban J connectivity index is 1.44. The molecule has 0 spiro atoms. The Labute approximate surface area is 168 Å². The lowest BCUT2D eigenvalue weighted by Crippen LogP contribution is -2.17. The molecular formula is C23H20N4O2. The van der Waals surface area contributed by atoms with E-state index in [2.05, 4.69) is 32.6 Å². The van der Waals surface area contributed by atoms with Crippen LogP contribution in [-0.4, -0.2) is 29.2 Å². The Morgan fingerprint density at radius 2 is 1.90 bits per heavy atom. The average Bonchev–Trinajstić information content (AvgIpc) is 3.16. The van der Waals surface area contributed by atoms with Crippen molar-refractivity contribution >= 4 is 23.2 Å². The Hall–Kier alpha value is -3.93. The second-order valence-electron chi connectivity index (χ2n) is 6.55. The van der Waals surface area contributed by atoms with Gasteiger partial charge in [0.05, 0.1) is 24.4 Å². The first-order valence-corrected chi connectivity index (χ1v) is 9.21. The summed E-state index contributed by atoms with van der Waals surface area (Å²) in [5, 5.41) is 4.02. The fourth-order valence-corrected chi connectivity index (χ4v) is 3.00. The second kappa shape index (κ2) is 8.39. The van der Waals surface area contributed by atoms with Crippen molar-refractivity contribution in [3.63, 3.8) is 0 Å². The summed E-state index contributed by atoms with van der Waals surface area (Å²) >= 11 is 0. The van der Waals surface area contributed by atoms with Gasteiger partial charge in [0.25, 0.3) is 5.91 Å².